The Morgan fingerprint density at radius 1 is 1.34 bits per heavy atom. The van der Waals surface area contributed by atoms with E-state index in [1.807, 2.05) is 55.1 Å². The maximum atomic E-state index is 13.4. The molecule has 0 saturated carbocycles. The minimum absolute atomic E-state index is 0.0493. The fraction of sp³-hybridized carbons (Fsp3) is 0.333. The molecule has 0 spiro atoms. The molecule has 2 aliphatic rings. The van der Waals surface area contributed by atoms with E-state index in [9.17, 15) is 9.59 Å². The van der Waals surface area contributed by atoms with Crippen molar-refractivity contribution in [2.24, 2.45) is 10.9 Å². The van der Waals surface area contributed by atoms with Gasteiger partial charge >= 0.3 is 0 Å². The highest BCUT2D eigenvalue weighted by Crippen LogP contribution is 2.47. The van der Waals surface area contributed by atoms with E-state index in [0.29, 0.717) is 15.1 Å². The molecule has 2 bridgehead atoms. The number of benzene rings is 1. The fourth-order valence-electron chi connectivity index (χ4n) is 4.32. The third-order valence-electron chi connectivity index (χ3n) is 5.58. The highest BCUT2D eigenvalue weighted by atomic mass is 32.1. The van der Waals surface area contributed by atoms with Gasteiger partial charge in [-0.2, -0.15) is 5.10 Å². The van der Waals surface area contributed by atoms with Crippen LogP contribution in [-0.4, -0.2) is 25.9 Å². The van der Waals surface area contributed by atoms with Crippen molar-refractivity contribution < 1.29 is 9.53 Å². The van der Waals surface area contributed by atoms with Gasteiger partial charge in [0.05, 0.1) is 16.3 Å². The van der Waals surface area contributed by atoms with Crippen molar-refractivity contribution in [2.75, 3.05) is 0 Å². The van der Waals surface area contributed by atoms with E-state index in [-0.39, 0.29) is 11.3 Å². The van der Waals surface area contributed by atoms with Crippen LogP contribution in [0.4, 0.5) is 0 Å². The summed E-state index contributed by atoms with van der Waals surface area (Å²) in [4.78, 5) is 31.3. The minimum atomic E-state index is -1.04. The molecule has 0 aliphatic carbocycles. The smallest absolute Gasteiger partial charge is 0.270 e. The number of Topliss-reactive ketones (excluding diaryl/α,β-unsaturated/α-hetero) is 1. The van der Waals surface area contributed by atoms with Crippen LogP contribution in [0.2, 0.25) is 0 Å². The van der Waals surface area contributed by atoms with Gasteiger partial charge < -0.3 is 4.74 Å². The second kappa shape index (κ2) is 6.25. The number of ketones is 1. The van der Waals surface area contributed by atoms with Gasteiger partial charge in [-0.1, -0.05) is 29.5 Å². The number of thiazole rings is 1. The first-order valence-electron chi connectivity index (χ1n) is 9.56. The molecule has 0 radical (unpaired) electrons. The monoisotopic (exact) mass is 408 g/mol. The number of aryl methyl sites for hydroxylation is 1. The lowest BCUT2D eigenvalue weighted by molar-refractivity contribution is -0.132. The van der Waals surface area contributed by atoms with Crippen molar-refractivity contribution in [1.82, 2.24) is 14.3 Å². The minimum Gasteiger partial charge on any atom is -0.465 e. The van der Waals surface area contributed by atoms with E-state index >= 15 is 0 Å². The summed E-state index contributed by atoms with van der Waals surface area (Å²) >= 11 is 1.31. The van der Waals surface area contributed by atoms with Gasteiger partial charge in [-0.05, 0) is 39.0 Å². The molecule has 0 amide bonds. The number of carbonyl (C=O) groups is 1. The molecule has 1 aromatic carbocycles. The Kier molecular flexibility index (Phi) is 3.89. The zero-order valence-corrected chi connectivity index (χ0v) is 17.1. The van der Waals surface area contributed by atoms with E-state index in [1.165, 1.54) is 18.3 Å². The summed E-state index contributed by atoms with van der Waals surface area (Å²) in [6.07, 6.45) is 3.66. The highest BCUT2D eigenvalue weighted by molar-refractivity contribution is 7.07. The van der Waals surface area contributed by atoms with Crippen molar-refractivity contribution in [3.63, 3.8) is 0 Å². The number of nitrogens with zero attached hydrogens (tertiary/aromatic N) is 4. The van der Waals surface area contributed by atoms with E-state index in [0.717, 1.165) is 17.8 Å². The molecule has 0 saturated heterocycles. The van der Waals surface area contributed by atoms with Gasteiger partial charge in [0, 0.05) is 18.3 Å². The molecule has 3 aromatic rings. The Morgan fingerprint density at radius 2 is 2.14 bits per heavy atom. The van der Waals surface area contributed by atoms with Crippen LogP contribution >= 0.6 is 11.3 Å². The molecule has 29 heavy (non-hydrogen) atoms. The summed E-state index contributed by atoms with van der Waals surface area (Å²) in [7, 11) is 0. The standard InChI is InChI=1S/C21H20N4O3S/c1-4-24-10-9-13(23-24)11-16-19(27)25-18-14-7-5-6-8-15(14)28-21(3,17(18)12(2)26)22-20(25)29-16/h5-11,17-18H,4H2,1-3H3/b16-11+/t17-,18+,21-/m1/s1. The number of carbonyl (C=O) groups excluding carboxylic acids is 1. The van der Waals surface area contributed by atoms with E-state index < -0.39 is 17.7 Å². The zero-order chi connectivity index (χ0) is 20.3. The molecule has 0 unspecified atom stereocenters. The number of hydrogen-bond donors (Lipinski definition) is 0. The van der Waals surface area contributed by atoms with Crippen LogP contribution in [0, 0.1) is 5.92 Å². The average Bonchev–Trinajstić information content (AvgIpc) is 3.25. The molecule has 0 fully saturated rings. The lowest BCUT2D eigenvalue weighted by Gasteiger charge is -2.45. The van der Waals surface area contributed by atoms with Crippen LogP contribution in [-0.2, 0) is 11.3 Å². The zero-order valence-electron chi connectivity index (χ0n) is 16.3. The molecule has 2 aliphatic heterocycles. The maximum Gasteiger partial charge on any atom is 0.270 e. The second-order valence-corrected chi connectivity index (χ2v) is 8.51. The third kappa shape index (κ3) is 2.62. The second-order valence-electron chi connectivity index (χ2n) is 7.50. The van der Waals surface area contributed by atoms with Crippen LogP contribution < -0.4 is 19.6 Å². The maximum absolute atomic E-state index is 13.4. The molecule has 2 aromatic heterocycles. The number of fused-ring (bicyclic) bond motifs is 6. The first kappa shape index (κ1) is 18.1. The molecular weight excluding hydrogens is 388 g/mol. The normalized spacial score (nSPS) is 25.0. The Balaban J connectivity index is 1.78. The van der Waals surface area contributed by atoms with Crippen molar-refractivity contribution in [1.29, 1.82) is 0 Å². The fourth-order valence-corrected chi connectivity index (χ4v) is 5.40. The Morgan fingerprint density at radius 3 is 2.86 bits per heavy atom. The molecule has 5 rings (SSSR count). The summed E-state index contributed by atoms with van der Waals surface area (Å²) in [5.74, 6) is 0.0493. The van der Waals surface area contributed by atoms with Crippen LogP contribution in [0.25, 0.3) is 6.08 Å². The quantitative estimate of drug-likeness (QED) is 0.658. The Hall–Kier alpha value is -3.00. The molecule has 7 nitrogen and oxygen atoms in total. The molecule has 0 N–H and O–H groups in total. The topological polar surface area (TPSA) is 78.5 Å². The molecule has 148 valence electrons. The van der Waals surface area contributed by atoms with Gasteiger partial charge in [0.15, 0.2) is 4.80 Å². The average molecular weight is 408 g/mol. The van der Waals surface area contributed by atoms with Crippen LogP contribution in [0.3, 0.4) is 0 Å². The third-order valence-corrected chi connectivity index (χ3v) is 6.56. The number of ether oxygens (including phenoxy) is 1. The van der Waals surface area contributed by atoms with Gasteiger partial charge in [0.2, 0.25) is 5.72 Å². The number of aromatic nitrogens is 3. The summed E-state index contributed by atoms with van der Waals surface area (Å²) in [6.45, 7) is 6.13. The SMILES string of the molecule is CCn1ccc(/C=c2/sc3n(c2=O)[C@H]2c4ccccc4O[C@@](C)(N=3)[C@@H]2C(C)=O)n1. The van der Waals surface area contributed by atoms with Crippen LogP contribution in [0.15, 0.2) is 46.3 Å². The summed E-state index contributed by atoms with van der Waals surface area (Å²) in [5.41, 5.74) is 0.360. The van der Waals surface area contributed by atoms with Gasteiger partial charge in [0.25, 0.3) is 5.56 Å². The van der Waals surface area contributed by atoms with Crippen molar-refractivity contribution in [3.8, 4) is 5.75 Å². The van der Waals surface area contributed by atoms with E-state index in [4.69, 9.17) is 9.73 Å². The number of para-hydroxylation sites is 1. The van der Waals surface area contributed by atoms with Crippen molar-refractivity contribution in [3.05, 3.63) is 67.5 Å². The van der Waals surface area contributed by atoms with Crippen LogP contribution in [0.5, 0.6) is 5.75 Å². The van der Waals surface area contributed by atoms with Gasteiger partial charge in [-0.3, -0.25) is 18.8 Å². The highest BCUT2D eigenvalue weighted by Gasteiger charge is 2.53. The predicted octanol–water partition coefficient (Wildman–Crippen LogP) is 1.49. The van der Waals surface area contributed by atoms with Crippen molar-refractivity contribution in [2.45, 2.75) is 39.1 Å². The van der Waals surface area contributed by atoms with Gasteiger partial charge in [-0.25, -0.2) is 4.99 Å². The lowest BCUT2D eigenvalue weighted by atomic mass is 9.79. The van der Waals surface area contributed by atoms with E-state index in [1.54, 1.807) is 10.6 Å². The summed E-state index contributed by atoms with van der Waals surface area (Å²) < 4.78 is 10.2. The van der Waals surface area contributed by atoms with Gasteiger partial charge in [0.1, 0.15) is 17.5 Å². The molecular formula is C21H20N4O3S. The van der Waals surface area contributed by atoms with Gasteiger partial charge in [-0.15, -0.1) is 0 Å². The van der Waals surface area contributed by atoms with Crippen molar-refractivity contribution >= 4 is 23.2 Å². The van der Waals surface area contributed by atoms with Crippen LogP contribution in [0.1, 0.15) is 38.1 Å². The predicted molar refractivity (Wildman–Crippen MR) is 109 cm³/mol. The summed E-state index contributed by atoms with van der Waals surface area (Å²) in [6, 6.07) is 9.00. The van der Waals surface area contributed by atoms with E-state index in [2.05, 4.69) is 5.10 Å². The largest absolute Gasteiger partial charge is 0.465 e. The summed E-state index contributed by atoms with van der Waals surface area (Å²) in [5, 5.41) is 4.44. The molecule has 8 heteroatoms. The molecule has 4 heterocycles. The lowest BCUT2D eigenvalue weighted by Crippen LogP contribution is -2.58. The first-order chi connectivity index (χ1) is 13.9. The Bertz CT molecular complexity index is 1320. The number of hydrogen-bond acceptors (Lipinski definition) is 6. The first-order valence-corrected chi connectivity index (χ1v) is 10.4. The molecule has 3 atom stereocenters. The Labute approximate surface area is 170 Å². The number of rotatable bonds is 3.